The number of hydrogen-bond donors (Lipinski definition) is 1. The van der Waals surface area contributed by atoms with E-state index < -0.39 is 0 Å². The summed E-state index contributed by atoms with van der Waals surface area (Å²) in [4.78, 5) is 11.8. The van der Waals surface area contributed by atoms with Gasteiger partial charge in [0.1, 0.15) is 5.75 Å². The number of hydrogen-bond acceptors (Lipinski definition) is 3. The quantitative estimate of drug-likeness (QED) is 0.596. The second kappa shape index (κ2) is 9.03. The van der Waals surface area contributed by atoms with Crippen LogP contribution in [0.15, 0.2) is 58.1 Å². The van der Waals surface area contributed by atoms with E-state index in [1.165, 1.54) is 6.21 Å². The van der Waals surface area contributed by atoms with Crippen molar-refractivity contribution in [3.8, 4) is 5.75 Å². The maximum atomic E-state index is 11.8. The van der Waals surface area contributed by atoms with Gasteiger partial charge in [0.15, 0.2) is 6.61 Å². The molecule has 0 bridgehead atoms. The van der Waals surface area contributed by atoms with E-state index in [-0.39, 0.29) is 12.5 Å². The van der Waals surface area contributed by atoms with Gasteiger partial charge in [0.2, 0.25) is 0 Å². The van der Waals surface area contributed by atoms with Gasteiger partial charge in [-0.25, -0.2) is 5.43 Å². The van der Waals surface area contributed by atoms with Crippen LogP contribution in [0.25, 0.3) is 6.08 Å². The lowest BCUT2D eigenvalue weighted by molar-refractivity contribution is -0.123. The van der Waals surface area contributed by atoms with Gasteiger partial charge in [0.05, 0.1) is 6.21 Å². The normalized spacial score (nSPS) is 11.5. The largest absolute Gasteiger partial charge is 0.483 e. The highest BCUT2D eigenvalue weighted by Crippen LogP contribution is 2.20. The Hall–Kier alpha value is -2.40. The van der Waals surface area contributed by atoms with Gasteiger partial charge in [-0.1, -0.05) is 42.5 Å². The number of hydrazone groups is 1. The Morgan fingerprint density at radius 3 is 2.67 bits per heavy atom. The molecule has 1 N–H and O–H groups in total. The van der Waals surface area contributed by atoms with Crippen molar-refractivity contribution in [1.29, 1.82) is 0 Å². The third kappa shape index (κ3) is 5.66. The van der Waals surface area contributed by atoms with Crippen molar-refractivity contribution in [3.63, 3.8) is 0 Å². The number of carbonyl (C=O) groups is 1. The van der Waals surface area contributed by atoms with Crippen molar-refractivity contribution in [3.05, 3.63) is 69.7 Å². The number of nitrogens with one attached hydrogen (secondary N) is 1. The van der Waals surface area contributed by atoms with Crippen LogP contribution in [-0.2, 0) is 4.79 Å². The van der Waals surface area contributed by atoms with Gasteiger partial charge in [-0.05, 0) is 58.6 Å². The molecule has 2 aromatic rings. The molecular weight excluding hydrogens is 368 g/mol. The monoisotopic (exact) mass is 386 g/mol. The number of allylic oxidation sites excluding steroid dienone is 1. The molecule has 0 spiro atoms. The number of benzene rings is 2. The van der Waals surface area contributed by atoms with E-state index in [1.807, 2.05) is 68.5 Å². The minimum Gasteiger partial charge on any atom is -0.483 e. The summed E-state index contributed by atoms with van der Waals surface area (Å²) in [7, 11) is 0. The van der Waals surface area contributed by atoms with E-state index in [1.54, 1.807) is 0 Å². The molecule has 2 aromatic carbocycles. The van der Waals surface area contributed by atoms with Gasteiger partial charge >= 0.3 is 0 Å². The van der Waals surface area contributed by atoms with Gasteiger partial charge in [0, 0.05) is 4.48 Å². The fraction of sp³-hybridized carbons (Fsp3) is 0.158. The molecule has 0 radical (unpaired) electrons. The van der Waals surface area contributed by atoms with Gasteiger partial charge in [-0.15, -0.1) is 0 Å². The summed E-state index contributed by atoms with van der Waals surface area (Å²) in [6.45, 7) is 3.89. The van der Waals surface area contributed by atoms with Crippen LogP contribution in [0.1, 0.15) is 16.7 Å². The van der Waals surface area contributed by atoms with Gasteiger partial charge in [0.25, 0.3) is 5.91 Å². The number of halogens is 1. The van der Waals surface area contributed by atoms with Crippen molar-refractivity contribution >= 4 is 34.1 Å². The summed E-state index contributed by atoms with van der Waals surface area (Å²) < 4.78 is 6.27. The zero-order valence-electron chi connectivity index (χ0n) is 13.6. The van der Waals surface area contributed by atoms with Crippen molar-refractivity contribution in [1.82, 2.24) is 5.43 Å². The fourth-order valence-corrected chi connectivity index (χ4v) is 2.33. The standard InChI is InChI=1S/C19H19BrN2O2/c1-14-7-6-10-18(15(14)2)24-13-19(23)22-21-12-17(20)11-16-8-4-3-5-9-16/h3-12H,13H2,1-2H3,(H,22,23)/b17-11-,21-12?. The molecule has 0 saturated heterocycles. The van der Waals surface area contributed by atoms with Crippen LogP contribution in [0.3, 0.4) is 0 Å². The van der Waals surface area contributed by atoms with Crippen molar-refractivity contribution in [2.75, 3.05) is 6.61 Å². The molecule has 1 amide bonds. The maximum absolute atomic E-state index is 11.8. The van der Waals surface area contributed by atoms with E-state index in [4.69, 9.17) is 4.74 Å². The number of amides is 1. The topological polar surface area (TPSA) is 50.7 Å². The number of ether oxygens (including phenoxy) is 1. The Bertz CT molecular complexity index is 755. The van der Waals surface area contributed by atoms with Crippen molar-refractivity contribution in [2.45, 2.75) is 13.8 Å². The second-order valence-electron chi connectivity index (χ2n) is 5.22. The lowest BCUT2D eigenvalue weighted by Gasteiger charge is -2.09. The molecule has 0 aliphatic rings. The molecule has 5 heteroatoms. The van der Waals surface area contributed by atoms with Gasteiger partial charge in [-0.2, -0.15) is 5.10 Å². The second-order valence-corrected chi connectivity index (χ2v) is 6.14. The van der Waals surface area contributed by atoms with Crippen molar-refractivity contribution < 1.29 is 9.53 Å². The molecule has 0 aromatic heterocycles. The molecule has 0 heterocycles. The summed E-state index contributed by atoms with van der Waals surface area (Å²) in [6, 6.07) is 15.6. The van der Waals surface area contributed by atoms with E-state index in [0.29, 0.717) is 5.75 Å². The summed E-state index contributed by atoms with van der Waals surface area (Å²) in [5.74, 6) is 0.395. The van der Waals surface area contributed by atoms with E-state index in [9.17, 15) is 4.79 Å². The molecular formula is C19H19BrN2O2. The predicted molar refractivity (Wildman–Crippen MR) is 101 cm³/mol. The zero-order valence-corrected chi connectivity index (χ0v) is 15.2. The Morgan fingerprint density at radius 2 is 1.92 bits per heavy atom. The highest BCUT2D eigenvalue weighted by atomic mass is 79.9. The predicted octanol–water partition coefficient (Wildman–Crippen LogP) is 4.22. The first-order valence-corrected chi connectivity index (χ1v) is 8.28. The minimum atomic E-state index is -0.313. The Labute approximate surface area is 150 Å². The molecule has 0 fully saturated rings. The lowest BCUT2D eigenvalue weighted by atomic mass is 10.1. The molecule has 0 saturated carbocycles. The summed E-state index contributed by atoms with van der Waals surface area (Å²) in [6.07, 6.45) is 3.44. The van der Waals surface area contributed by atoms with Crippen LogP contribution >= 0.6 is 15.9 Å². The molecule has 24 heavy (non-hydrogen) atoms. The maximum Gasteiger partial charge on any atom is 0.277 e. The van der Waals surface area contributed by atoms with Crippen LogP contribution in [0, 0.1) is 13.8 Å². The van der Waals surface area contributed by atoms with Crippen LogP contribution in [0.2, 0.25) is 0 Å². The van der Waals surface area contributed by atoms with Crippen LogP contribution < -0.4 is 10.2 Å². The molecule has 4 nitrogen and oxygen atoms in total. The summed E-state index contributed by atoms with van der Waals surface area (Å²) >= 11 is 3.39. The average Bonchev–Trinajstić information content (AvgIpc) is 2.57. The molecule has 124 valence electrons. The Balaban J connectivity index is 1.82. The highest BCUT2D eigenvalue weighted by molar-refractivity contribution is 9.12. The van der Waals surface area contributed by atoms with Crippen LogP contribution in [0.5, 0.6) is 5.75 Å². The number of aryl methyl sites for hydroxylation is 1. The van der Waals surface area contributed by atoms with E-state index in [0.717, 1.165) is 21.2 Å². The average molecular weight is 387 g/mol. The lowest BCUT2D eigenvalue weighted by Crippen LogP contribution is -2.24. The number of rotatable bonds is 6. The minimum absolute atomic E-state index is 0.0817. The molecule has 0 aliphatic heterocycles. The Kier molecular flexibility index (Phi) is 6.75. The van der Waals surface area contributed by atoms with E-state index >= 15 is 0 Å². The smallest absolute Gasteiger partial charge is 0.277 e. The first-order chi connectivity index (χ1) is 11.6. The summed E-state index contributed by atoms with van der Waals surface area (Å²) in [5.41, 5.74) is 5.64. The fourth-order valence-electron chi connectivity index (χ4n) is 1.97. The zero-order chi connectivity index (χ0) is 17.4. The van der Waals surface area contributed by atoms with Gasteiger partial charge < -0.3 is 4.74 Å². The number of carbonyl (C=O) groups excluding carboxylic acids is 1. The van der Waals surface area contributed by atoms with E-state index in [2.05, 4.69) is 26.5 Å². The van der Waals surface area contributed by atoms with Crippen molar-refractivity contribution in [2.24, 2.45) is 5.10 Å². The van der Waals surface area contributed by atoms with Crippen LogP contribution in [0.4, 0.5) is 0 Å². The Morgan fingerprint density at radius 1 is 1.17 bits per heavy atom. The molecule has 0 atom stereocenters. The highest BCUT2D eigenvalue weighted by Gasteiger charge is 2.05. The first-order valence-electron chi connectivity index (χ1n) is 7.49. The third-order valence-electron chi connectivity index (χ3n) is 3.39. The molecule has 2 rings (SSSR count). The first kappa shape index (κ1) is 17.9. The molecule has 0 unspecified atom stereocenters. The SMILES string of the molecule is Cc1cccc(OCC(=O)NN=C/C(Br)=C/c2ccccc2)c1C. The summed E-state index contributed by atoms with van der Waals surface area (Å²) in [5, 5.41) is 3.90. The number of nitrogens with zero attached hydrogens (tertiary/aromatic N) is 1. The third-order valence-corrected chi connectivity index (χ3v) is 3.83. The van der Waals surface area contributed by atoms with Crippen LogP contribution in [-0.4, -0.2) is 18.7 Å². The van der Waals surface area contributed by atoms with Gasteiger partial charge in [-0.3, -0.25) is 4.79 Å². The molecule has 0 aliphatic carbocycles.